The van der Waals surface area contributed by atoms with Gasteiger partial charge in [-0.05, 0) is 62.0 Å². The van der Waals surface area contributed by atoms with E-state index in [0.717, 1.165) is 32.4 Å². The summed E-state index contributed by atoms with van der Waals surface area (Å²) in [6, 6.07) is 8.07. The first-order chi connectivity index (χ1) is 11.3. The van der Waals surface area contributed by atoms with E-state index in [-0.39, 0.29) is 11.9 Å². The Morgan fingerprint density at radius 2 is 2.17 bits per heavy atom. The average Bonchev–Trinajstić information content (AvgIpc) is 3.13. The quantitative estimate of drug-likeness (QED) is 0.939. The highest BCUT2D eigenvalue weighted by atomic mass is 16.3. The molecule has 3 aliphatic heterocycles. The Balaban J connectivity index is 1.53. The van der Waals surface area contributed by atoms with Gasteiger partial charge in [0, 0.05) is 24.5 Å². The van der Waals surface area contributed by atoms with Crippen molar-refractivity contribution in [3.63, 3.8) is 0 Å². The van der Waals surface area contributed by atoms with Gasteiger partial charge in [-0.3, -0.25) is 14.7 Å². The second-order valence-electron chi connectivity index (χ2n) is 6.48. The van der Waals surface area contributed by atoms with Crippen molar-refractivity contribution in [2.24, 2.45) is 5.92 Å². The molecule has 120 valence electrons. The van der Waals surface area contributed by atoms with Crippen LogP contribution in [-0.4, -0.2) is 41.0 Å². The van der Waals surface area contributed by atoms with Crippen molar-refractivity contribution in [2.45, 2.75) is 31.3 Å². The molecule has 2 bridgehead atoms. The summed E-state index contributed by atoms with van der Waals surface area (Å²) in [6.45, 7) is 2.26. The molecule has 3 fully saturated rings. The van der Waals surface area contributed by atoms with E-state index in [0.29, 0.717) is 17.7 Å². The number of aromatic nitrogens is 1. The number of nitrogens with one attached hydrogen (secondary N) is 1. The molecule has 5 rings (SSSR count). The summed E-state index contributed by atoms with van der Waals surface area (Å²) in [5, 5.41) is 3.23. The molecule has 0 aliphatic carbocycles. The van der Waals surface area contributed by atoms with Crippen LogP contribution in [0.15, 0.2) is 47.3 Å². The third kappa shape index (κ3) is 2.88. The van der Waals surface area contributed by atoms with Gasteiger partial charge in [-0.15, -0.1) is 0 Å². The summed E-state index contributed by atoms with van der Waals surface area (Å²) in [6.07, 6.45) is 8.51. The SMILES string of the molecule is O=C(N[C@H]1C2CCN(CC2)[C@@H]1Cc1cccnc1)c1ccco1. The number of carbonyl (C=O) groups excluding carboxylic acids is 1. The second kappa shape index (κ2) is 6.16. The van der Waals surface area contributed by atoms with Gasteiger partial charge in [0.05, 0.1) is 6.26 Å². The zero-order chi connectivity index (χ0) is 15.6. The molecule has 0 radical (unpaired) electrons. The maximum atomic E-state index is 12.4. The molecule has 1 N–H and O–H groups in total. The summed E-state index contributed by atoms with van der Waals surface area (Å²) in [4.78, 5) is 19.1. The molecular formula is C18H21N3O2. The summed E-state index contributed by atoms with van der Waals surface area (Å²) < 4.78 is 5.23. The fourth-order valence-corrected chi connectivity index (χ4v) is 4.01. The van der Waals surface area contributed by atoms with Crippen molar-refractivity contribution in [1.82, 2.24) is 15.2 Å². The van der Waals surface area contributed by atoms with Crippen molar-refractivity contribution in [2.75, 3.05) is 13.1 Å². The number of hydrogen-bond donors (Lipinski definition) is 1. The summed E-state index contributed by atoms with van der Waals surface area (Å²) in [7, 11) is 0. The zero-order valence-electron chi connectivity index (χ0n) is 13.0. The monoisotopic (exact) mass is 311 g/mol. The third-order valence-corrected chi connectivity index (χ3v) is 5.18. The standard InChI is InChI=1S/C18H21N3O2/c22-18(16-4-2-10-23-16)20-17-14-5-8-21(9-6-14)15(17)11-13-3-1-7-19-12-13/h1-4,7,10,12,14-15,17H,5-6,8-9,11H2,(H,20,22)/t15-,17+/m1/s1. The van der Waals surface area contributed by atoms with Crippen LogP contribution in [0.5, 0.6) is 0 Å². The van der Waals surface area contributed by atoms with Crippen LogP contribution in [0.2, 0.25) is 0 Å². The molecule has 3 aliphatic rings. The number of fused-ring (bicyclic) bond motifs is 3. The van der Waals surface area contributed by atoms with Crippen molar-refractivity contribution in [1.29, 1.82) is 0 Å². The number of piperidine rings is 3. The summed E-state index contributed by atoms with van der Waals surface area (Å²) in [5.41, 5.74) is 1.22. The lowest BCUT2D eigenvalue weighted by Gasteiger charge is -2.51. The Morgan fingerprint density at radius 1 is 1.30 bits per heavy atom. The lowest BCUT2D eigenvalue weighted by molar-refractivity contribution is 0.0131. The highest BCUT2D eigenvalue weighted by Crippen LogP contribution is 2.34. The Hall–Kier alpha value is -2.14. The van der Waals surface area contributed by atoms with Crippen LogP contribution in [0, 0.1) is 5.92 Å². The van der Waals surface area contributed by atoms with Gasteiger partial charge < -0.3 is 9.73 Å². The average molecular weight is 311 g/mol. The fourth-order valence-electron chi connectivity index (χ4n) is 4.01. The van der Waals surface area contributed by atoms with Crippen LogP contribution in [0.1, 0.15) is 29.0 Å². The van der Waals surface area contributed by atoms with Crippen LogP contribution in [0.3, 0.4) is 0 Å². The highest BCUT2D eigenvalue weighted by molar-refractivity contribution is 5.91. The van der Waals surface area contributed by atoms with Crippen LogP contribution >= 0.6 is 0 Å². The summed E-state index contributed by atoms with van der Waals surface area (Å²) >= 11 is 0. The number of rotatable bonds is 4. The molecule has 23 heavy (non-hydrogen) atoms. The molecule has 5 heterocycles. The van der Waals surface area contributed by atoms with E-state index >= 15 is 0 Å². The van der Waals surface area contributed by atoms with Crippen LogP contribution in [-0.2, 0) is 6.42 Å². The number of furan rings is 1. The van der Waals surface area contributed by atoms with E-state index in [1.165, 1.54) is 5.56 Å². The molecule has 2 aromatic rings. The molecule has 0 aromatic carbocycles. The maximum absolute atomic E-state index is 12.4. The summed E-state index contributed by atoms with van der Waals surface area (Å²) in [5.74, 6) is 0.840. The van der Waals surface area contributed by atoms with E-state index in [1.807, 2.05) is 12.3 Å². The van der Waals surface area contributed by atoms with Gasteiger partial charge in [-0.25, -0.2) is 0 Å². The van der Waals surface area contributed by atoms with Gasteiger partial charge in [-0.1, -0.05) is 6.07 Å². The number of carbonyl (C=O) groups is 1. The van der Waals surface area contributed by atoms with Crippen LogP contribution in [0.4, 0.5) is 0 Å². The van der Waals surface area contributed by atoms with E-state index < -0.39 is 0 Å². The van der Waals surface area contributed by atoms with Crippen LogP contribution in [0.25, 0.3) is 0 Å². The van der Waals surface area contributed by atoms with Gasteiger partial charge in [-0.2, -0.15) is 0 Å². The van der Waals surface area contributed by atoms with E-state index in [9.17, 15) is 4.79 Å². The number of amides is 1. The smallest absolute Gasteiger partial charge is 0.287 e. The van der Waals surface area contributed by atoms with Crippen LogP contribution < -0.4 is 5.32 Å². The normalized spacial score (nSPS) is 29.4. The van der Waals surface area contributed by atoms with Crippen molar-refractivity contribution < 1.29 is 9.21 Å². The topological polar surface area (TPSA) is 58.4 Å². The van der Waals surface area contributed by atoms with Crippen molar-refractivity contribution in [3.05, 3.63) is 54.2 Å². The fraction of sp³-hybridized carbons (Fsp3) is 0.444. The zero-order valence-corrected chi connectivity index (χ0v) is 13.0. The lowest BCUT2D eigenvalue weighted by Crippen LogP contribution is -2.64. The van der Waals surface area contributed by atoms with E-state index in [4.69, 9.17) is 4.42 Å². The maximum Gasteiger partial charge on any atom is 0.287 e. The molecule has 1 amide bonds. The minimum absolute atomic E-state index is 0.107. The predicted molar refractivity (Wildman–Crippen MR) is 86.0 cm³/mol. The predicted octanol–water partition coefficient (Wildman–Crippen LogP) is 2.11. The minimum Gasteiger partial charge on any atom is -0.459 e. The molecule has 2 atom stereocenters. The second-order valence-corrected chi connectivity index (χ2v) is 6.48. The molecule has 3 saturated heterocycles. The number of pyridine rings is 1. The Bertz CT molecular complexity index is 648. The Kier molecular flexibility index (Phi) is 3.87. The first kappa shape index (κ1) is 14.5. The first-order valence-corrected chi connectivity index (χ1v) is 8.28. The molecular weight excluding hydrogens is 290 g/mol. The third-order valence-electron chi connectivity index (χ3n) is 5.18. The van der Waals surface area contributed by atoms with Gasteiger partial charge in [0.1, 0.15) is 0 Å². The Labute approximate surface area is 135 Å². The molecule has 0 spiro atoms. The lowest BCUT2D eigenvalue weighted by atomic mass is 9.76. The van der Waals surface area contributed by atoms with Gasteiger partial charge in [0.15, 0.2) is 5.76 Å². The van der Waals surface area contributed by atoms with E-state index in [2.05, 4.69) is 21.3 Å². The minimum atomic E-state index is -0.107. The first-order valence-electron chi connectivity index (χ1n) is 8.28. The molecule has 2 aromatic heterocycles. The van der Waals surface area contributed by atoms with Crippen molar-refractivity contribution in [3.8, 4) is 0 Å². The van der Waals surface area contributed by atoms with Gasteiger partial charge in [0.25, 0.3) is 5.91 Å². The van der Waals surface area contributed by atoms with Gasteiger partial charge in [0.2, 0.25) is 0 Å². The molecule has 5 heteroatoms. The number of nitrogens with zero attached hydrogens (tertiary/aromatic N) is 2. The van der Waals surface area contributed by atoms with E-state index in [1.54, 1.807) is 24.6 Å². The number of hydrogen-bond acceptors (Lipinski definition) is 4. The molecule has 0 saturated carbocycles. The van der Waals surface area contributed by atoms with Gasteiger partial charge >= 0.3 is 0 Å². The molecule has 5 nitrogen and oxygen atoms in total. The Morgan fingerprint density at radius 3 is 2.87 bits per heavy atom. The largest absolute Gasteiger partial charge is 0.459 e. The highest BCUT2D eigenvalue weighted by Gasteiger charge is 2.42. The van der Waals surface area contributed by atoms with Crippen molar-refractivity contribution >= 4 is 5.91 Å². The molecule has 0 unspecified atom stereocenters.